The van der Waals surface area contributed by atoms with Crippen LogP contribution in [0.5, 0.6) is 0 Å². The van der Waals surface area contributed by atoms with E-state index < -0.39 is 0 Å². The highest BCUT2D eigenvalue weighted by atomic mass is 35.5. The first kappa shape index (κ1) is 29.3. The van der Waals surface area contributed by atoms with Gasteiger partial charge in [-0.1, -0.05) is 71.2 Å². The molecule has 2 aromatic carbocycles. The van der Waals surface area contributed by atoms with Crippen LogP contribution in [0.3, 0.4) is 0 Å². The molecule has 1 aromatic heterocycles. The highest BCUT2D eigenvalue weighted by Gasteiger charge is 2.28. The van der Waals surface area contributed by atoms with E-state index >= 15 is 0 Å². The fourth-order valence-corrected chi connectivity index (χ4v) is 5.16. The summed E-state index contributed by atoms with van der Waals surface area (Å²) in [4.78, 5) is 38.3. The van der Waals surface area contributed by atoms with Crippen LogP contribution in [-0.2, 0) is 16.1 Å². The average molecular weight is 556 g/mol. The van der Waals surface area contributed by atoms with Gasteiger partial charge in [-0.25, -0.2) is 4.79 Å². The lowest BCUT2D eigenvalue weighted by molar-refractivity contribution is -0.191. The van der Waals surface area contributed by atoms with E-state index in [9.17, 15) is 4.79 Å². The summed E-state index contributed by atoms with van der Waals surface area (Å²) >= 11 is 13.3. The van der Waals surface area contributed by atoms with Crippen molar-refractivity contribution < 1.29 is 14.4 Å². The summed E-state index contributed by atoms with van der Waals surface area (Å²) < 4.78 is 0. The van der Waals surface area contributed by atoms with Gasteiger partial charge in [-0.2, -0.15) is 9.59 Å². The van der Waals surface area contributed by atoms with Crippen LogP contribution in [0.4, 0.5) is 4.79 Å². The van der Waals surface area contributed by atoms with Gasteiger partial charge in [-0.3, -0.25) is 4.98 Å². The van der Waals surface area contributed by atoms with Gasteiger partial charge in [0, 0.05) is 36.1 Å². The van der Waals surface area contributed by atoms with Crippen LogP contribution < -0.4 is 5.32 Å². The van der Waals surface area contributed by atoms with Crippen molar-refractivity contribution in [2.24, 2.45) is 0 Å². The lowest BCUT2D eigenvalue weighted by atomic mass is 10.0. The second kappa shape index (κ2) is 14.1. The smallest absolute Gasteiger partial charge is 0.331 e. The largest absolute Gasteiger partial charge is 0.373 e. The summed E-state index contributed by atoms with van der Waals surface area (Å²) in [7, 11) is 2.13. The highest BCUT2D eigenvalue weighted by Crippen LogP contribution is 2.38. The Balaban J connectivity index is 0.00000127. The summed E-state index contributed by atoms with van der Waals surface area (Å²) in [6, 6.07) is 15.9. The van der Waals surface area contributed by atoms with Crippen LogP contribution >= 0.6 is 23.2 Å². The Morgan fingerprint density at radius 2 is 1.76 bits per heavy atom. The molecule has 0 aliphatic carbocycles. The Kier molecular flexibility index (Phi) is 10.9. The molecule has 1 unspecified atom stereocenters. The van der Waals surface area contributed by atoms with Gasteiger partial charge in [-0.15, -0.1) is 0 Å². The van der Waals surface area contributed by atoms with Crippen LogP contribution in [0.25, 0.3) is 11.1 Å². The zero-order chi connectivity index (χ0) is 27.7. The molecule has 2 amide bonds. The van der Waals surface area contributed by atoms with Gasteiger partial charge >= 0.3 is 12.2 Å². The number of nitrogens with one attached hydrogen (secondary N) is 1. The zero-order valence-electron chi connectivity index (χ0n) is 21.8. The number of nitrogens with zero attached hydrogens (tertiary/aromatic N) is 3. The number of amides is 2. The first-order valence-corrected chi connectivity index (χ1v) is 13.2. The first-order valence-electron chi connectivity index (χ1n) is 12.4. The monoisotopic (exact) mass is 554 g/mol. The fraction of sp³-hybridized carbons (Fsp3) is 0.345. The van der Waals surface area contributed by atoms with Crippen molar-refractivity contribution in [3.8, 4) is 11.1 Å². The van der Waals surface area contributed by atoms with Crippen LogP contribution in [-0.4, -0.2) is 53.1 Å². The molecule has 3 aromatic rings. The summed E-state index contributed by atoms with van der Waals surface area (Å²) in [5.74, 6) is 0. The molecule has 1 N–H and O–H groups in total. The second-order valence-electron chi connectivity index (χ2n) is 9.47. The highest BCUT2D eigenvalue weighted by molar-refractivity contribution is 6.44. The number of piperidine rings is 1. The third-order valence-electron chi connectivity index (χ3n) is 6.75. The van der Waals surface area contributed by atoms with Crippen molar-refractivity contribution in [2.45, 2.75) is 45.3 Å². The van der Waals surface area contributed by atoms with E-state index in [1.165, 1.54) is 5.56 Å². The van der Waals surface area contributed by atoms with Crippen molar-refractivity contribution in [2.75, 3.05) is 20.1 Å². The van der Waals surface area contributed by atoms with Gasteiger partial charge < -0.3 is 15.1 Å². The first-order chi connectivity index (χ1) is 18.2. The molecule has 4 rings (SSSR count). The fourth-order valence-electron chi connectivity index (χ4n) is 4.55. The van der Waals surface area contributed by atoms with Crippen molar-refractivity contribution in [1.29, 1.82) is 0 Å². The number of aryl methyl sites for hydroxylation is 1. The van der Waals surface area contributed by atoms with Crippen LogP contribution in [0.1, 0.15) is 42.5 Å². The molecule has 9 heteroatoms. The quantitative estimate of drug-likeness (QED) is 0.395. The number of benzene rings is 2. The maximum atomic E-state index is 13.6. The van der Waals surface area contributed by atoms with E-state index in [1.54, 1.807) is 12.4 Å². The molecule has 0 spiro atoms. The molecule has 1 aliphatic rings. The predicted octanol–water partition coefficient (Wildman–Crippen LogP) is 6.15. The number of hydrogen-bond acceptors (Lipinski definition) is 5. The van der Waals surface area contributed by atoms with Gasteiger partial charge in [0.2, 0.25) is 0 Å². The van der Waals surface area contributed by atoms with Gasteiger partial charge in [0.1, 0.15) is 0 Å². The molecule has 7 nitrogen and oxygen atoms in total. The molecule has 1 fully saturated rings. The van der Waals surface area contributed by atoms with Crippen molar-refractivity contribution in [1.82, 2.24) is 20.1 Å². The number of carbonyl (C=O) groups is 1. The second-order valence-corrected chi connectivity index (χ2v) is 10.2. The number of aromatic nitrogens is 1. The third kappa shape index (κ3) is 7.65. The van der Waals surface area contributed by atoms with Crippen LogP contribution in [0.15, 0.2) is 60.9 Å². The summed E-state index contributed by atoms with van der Waals surface area (Å²) in [5, 5.41) is 4.09. The summed E-state index contributed by atoms with van der Waals surface area (Å²) in [5.41, 5.74) is 4.84. The molecule has 38 heavy (non-hydrogen) atoms. The van der Waals surface area contributed by atoms with E-state index in [0.717, 1.165) is 48.2 Å². The molecule has 1 atom stereocenters. The van der Waals surface area contributed by atoms with E-state index in [-0.39, 0.29) is 24.3 Å². The maximum absolute atomic E-state index is 13.6. The minimum Gasteiger partial charge on any atom is -0.331 e. The number of urea groups is 1. The Bertz CT molecular complexity index is 1240. The number of carbonyl (C=O) groups excluding carboxylic acids is 3. The number of hydrogen-bond donors (Lipinski definition) is 1. The SMILES string of the molecule is Cc1ccc(CN(C(=O)NC(C)c2ccc(-c3cccnc3)c(Cl)c2Cl)C2CCN(C)CC2)cc1.O=C=O. The van der Waals surface area contributed by atoms with Gasteiger partial charge in [-0.05, 0) is 64.0 Å². The molecule has 2 heterocycles. The Morgan fingerprint density at radius 1 is 1.11 bits per heavy atom. The molecule has 0 saturated carbocycles. The van der Waals surface area contributed by atoms with Crippen LogP contribution in [0, 0.1) is 6.92 Å². The third-order valence-corrected chi connectivity index (χ3v) is 7.65. The van der Waals surface area contributed by atoms with Crippen molar-refractivity contribution in [3.63, 3.8) is 0 Å². The number of rotatable bonds is 6. The number of pyridine rings is 1. The predicted molar refractivity (Wildman–Crippen MR) is 149 cm³/mol. The minimum absolute atomic E-state index is 0.0869. The standard InChI is InChI=1S/C28H32Cl2N4O.CO2/c1-19-6-8-21(9-7-19)18-34(23-12-15-33(3)16-13-23)28(35)32-20(2)24-10-11-25(27(30)26(24)29)22-5-4-14-31-17-22;2-1-3/h4-11,14,17,20,23H,12-13,15-16,18H2,1-3H3,(H,32,35);. The van der Waals surface area contributed by atoms with E-state index in [4.69, 9.17) is 32.8 Å². The molecule has 1 saturated heterocycles. The minimum atomic E-state index is -0.303. The van der Waals surface area contributed by atoms with Crippen molar-refractivity contribution in [3.05, 3.63) is 87.7 Å². The Labute approximate surface area is 233 Å². The van der Waals surface area contributed by atoms with Gasteiger partial charge in [0.15, 0.2) is 0 Å². The average Bonchev–Trinajstić information content (AvgIpc) is 2.91. The summed E-state index contributed by atoms with van der Waals surface area (Å²) in [6.45, 7) is 6.55. The topological polar surface area (TPSA) is 82.6 Å². The number of halogens is 2. The lowest BCUT2D eigenvalue weighted by Gasteiger charge is -2.38. The van der Waals surface area contributed by atoms with Gasteiger partial charge in [0.25, 0.3) is 0 Å². The van der Waals surface area contributed by atoms with Crippen molar-refractivity contribution >= 4 is 35.4 Å². The molecule has 200 valence electrons. The van der Waals surface area contributed by atoms with E-state index in [1.807, 2.05) is 36.1 Å². The summed E-state index contributed by atoms with van der Waals surface area (Å²) in [6.07, 6.45) is 5.64. The Hall–Kier alpha value is -3.22. The van der Waals surface area contributed by atoms with E-state index in [2.05, 4.69) is 53.4 Å². The lowest BCUT2D eigenvalue weighted by Crippen LogP contribution is -2.50. The molecular weight excluding hydrogens is 523 g/mol. The normalized spacial score (nSPS) is 14.6. The van der Waals surface area contributed by atoms with Gasteiger partial charge in [0.05, 0.1) is 16.1 Å². The van der Waals surface area contributed by atoms with E-state index in [0.29, 0.717) is 16.6 Å². The Morgan fingerprint density at radius 3 is 2.37 bits per heavy atom. The maximum Gasteiger partial charge on any atom is 0.373 e. The molecule has 0 bridgehead atoms. The molecule has 0 radical (unpaired) electrons. The molecule has 1 aliphatic heterocycles. The van der Waals surface area contributed by atoms with Crippen LogP contribution in [0.2, 0.25) is 10.0 Å². The zero-order valence-corrected chi connectivity index (χ0v) is 23.3. The number of likely N-dealkylation sites (tertiary alicyclic amines) is 1. The molecular formula is C29H32Cl2N4O3.